The molecule has 0 unspecified atom stereocenters. The van der Waals surface area contributed by atoms with Crippen molar-refractivity contribution in [2.75, 3.05) is 7.11 Å². The summed E-state index contributed by atoms with van der Waals surface area (Å²) in [5.41, 5.74) is 1.78. The summed E-state index contributed by atoms with van der Waals surface area (Å²) in [5.74, 6) is 0. The minimum Gasteiger partial charge on any atom is -0.377 e. The Hall–Kier alpha value is -1.33. The molecule has 0 bridgehead atoms. The van der Waals surface area contributed by atoms with Gasteiger partial charge in [0, 0.05) is 7.11 Å². The predicted octanol–water partition coefficient (Wildman–Crippen LogP) is 2.27. The highest BCUT2D eigenvalue weighted by molar-refractivity contribution is 5.32. The van der Waals surface area contributed by atoms with Crippen LogP contribution in [-0.2, 0) is 4.74 Å². The van der Waals surface area contributed by atoms with Gasteiger partial charge in [0.25, 0.3) is 0 Å². The quantitative estimate of drug-likeness (QED) is 0.666. The van der Waals surface area contributed by atoms with E-state index >= 15 is 0 Å². The van der Waals surface area contributed by atoms with Gasteiger partial charge in [-0.05, 0) is 24.6 Å². The van der Waals surface area contributed by atoms with Crippen LogP contribution >= 0.6 is 0 Å². The van der Waals surface area contributed by atoms with Gasteiger partial charge >= 0.3 is 0 Å². The maximum absolute atomic E-state index is 8.54. The molecule has 1 atom stereocenters. The van der Waals surface area contributed by atoms with Crippen LogP contribution in [0.4, 0.5) is 0 Å². The number of benzene rings is 1. The van der Waals surface area contributed by atoms with Gasteiger partial charge in [-0.25, -0.2) is 0 Å². The molecule has 62 valence electrons. The van der Waals surface area contributed by atoms with E-state index in [9.17, 15) is 0 Å². The molecular formula is C10H11NO. The van der Waals surface area contributed by atoms with Crippen molar-refractivity contribution in [2.24, 2.45) is 0 Å². The molecule has 1 rings (SSSR count). The molecule has 0 aliphatic rings. The van der Waals surface area contributed by atoms with Crippen molar-refractivity contribution in [3.63, 3.8) is 0 Å². The Kier molecular flexibility index (Phi) is 2.84. The first kappa shape index (κ1) is 8.76. The summed E-state index contributed by atoms with van der Waals surface area (Å²) < 4.78 is 5.13. The largest absolute Gasteiger partial charge is 0.377 e. The summed E-state index contributed by atoms with van der Waals surface area (Å²) in [6.45, 7) is 1.97. The summed E-state index contributed by atoms with van der Waals surface area (Å²) in [6, 6.07) is 9.48. The summed E-state index contributed by atoms with van der Waals surface area (Å²) in [4.78, 5) is 0. The fourth-order valence-corrected chi connectivity index (χ4v) is 0.965. The van der Waals surface area contributed by atoms with E-state index in [-0.39, 0.29) is 6.10 Å². The van der Waals surface area contributed by atoms with Crippen LogP contribution < -0.4 is 0 Å². The molecule has 0 saturated heterocycles. The molecule has 0 saturated carbocycles. The highest BCUT2D eigenvalue weighted by Crippen LogP contribution is 2.15. The first-order chi connectivity index (χ1) is 5.77. The molecular weight excluding hydrogens is 150 g/mol. The van der Waals surface area contributed by atoms with Gasteiger partial charge in [-0.2, -0.15) is 5.26 Å². The van der Waals surface area contributed by atoms with Crippen LogP contribution in [-0.4, -0.2) is 7.11 Å². The number of hydrogen-bond acceptors (Lipinski definition) is 2. The van der Waals surface area contributed by atoms with Crippen molar-refractivity contribution >= 4 is 0 Å². The lowest BCUT2D eigenvalue weighted by atomic mass is 10.1. The van der Waals surface area contributed by atoms with Crippen molar-refractivity contribution in [1.82, 2.24) is 0 Å². The van der Waals surface area contributed by atoms with Crippen molar-refractivity contribution in [3.8, 4) is 6.07 Å². The van der Waals surface area contributed by atoms with Crippen molar-refractivity contribution in [3.05, 3.63) is 35.4 Å². The molecule has 0 heterocycles. The Bertz CT molecular complexity index is 284. The minimum absolute atomic E-state index is 0.0951. The Balaban J connectivity index is 2.86. The van der Waals surface area contributed by atoms with Crippen LogP contribution in [0.3, 0.4) is 0 Å². The average Bonchev–Trinajstić information content (AvgIpc) is 2.17. The van der Waals surface area contributed by atoms with Crippen LogP contribution in [0, 0.1) is 11.3 Å². The molecule has 0 radical (unpaired) electrons. The van der Waals surface area contributed by atoms with Gasteiger partial charge in [-0.3, -0.25) is 0 Å². The molecule has 0 fully saturated rings. The number of rotatable bonds is 2. The number of nitriles is 1. The zero-order valence-electron chi connectivity index (χ0n) is 7.24. The zero-order chi connectivity index (χ0) is 8.97. The van der Waals surface area contributed by atoms with E-state index in [0.717, 1.165) is 5.56 Å². The average molecular weight is 161 g/mol. The number of methoxy groups -OCH3 is 1. The molecule has 0 amide bonds. The van der Waals surface area contributed by atoms with Crippen molar-refractivity contribution < 1.29 is 4.74 Å². The van der Waals surface area contributed by atoms with Gasteiger partial charge in [-0.15, -0.1) is 0 Å². The molecule has 0 N–H and O–H groups in total. The lowest BCUT2D eigenvalue weighted by Crippen LogP contribution is -1.94. The molecule has 2 nitrogen and oxygen atoms in total. The Morgan fingerprint density at radius 3 is 2.33 bits per heavy atom. The second-order valence-corrected chi connectivity index (χ2v) is 2.61. The first-order valence-electron chi connectivity index (χ1n) is 3.80. The highest BCUT2D eigenvalue weighted by atomic mass is 16.5. The smallest absolute Gasteiger partial charge is 0.0991 e. The number of nitrogens with zero attached hydrogens (tertiary/aromatic N) is 1. The Labute approximate surface area is 72.4 Å². The lowest BCUT2D eigenvalue weighted by Gasteiger charge is -2.08. The fourth-order valence-electron chi connectivity index (χ4n) is 0.965. The fraction of sp³-hybridized carbons (Fsp3) is 0.300. The van der Waals surface area contributed by atoms with Crippen LogP contribution in [0.1, 0.15) is 24.2 Å². The van der Waals surface area contributed by atoms with Gasteiger partial charge in [0.05, 0.1) is 17.7 Å². The van der Waals surface area contributed by atoms with E-state index in [2.05, 4.69) is 6.07 Å². The van der Waals surface area contributed by atoms with Gasteiger partial charge in [0.1, 0.15) is 0 Å². The highest BCUT2D eigenvalue weighted by Gasteiger charge is 2.01. The van der Waals surface area contributed by atoms with Gasteiger partial charge < -0.3 is 4.74 Å². The van der Waals surface area contributed by atoms with E-state index in [4.69, 9.17) is 10.00 Å². The predicted molar refractivity (Wildman–Crippen MR) is 46.6 cm³/mol. The summed E-state index contributed by atoms with van der Waals surface area (Å²) in [7, 11) is 1.67. The minimum atomic E-state index is 0.0951. The second kappa shape index (κ2) is 3.89. The van der Waals surface area contributed by atoms with E-state index < -0.39 is 0 Å². The van der Waals surface area contributed by atoms with E-state index in [1.807, 2.05) is 19.1 Å². The third-order valence-electron chi connectivity index (χ3n) is 1.86. The van der Waals surface area contributed by atoms with Crippen molar-refractivity contribution in [2.45, 2.75) is 13.0 Å². The molecule has 0 aliphatic heterocycles. The van der Waals surface area contributed by atoms with E-state index in [1.54, 1.807) is 19.2 Å². The van der Waals surface area contributed by atoms with Crippen LogP contribution in [0.25, 0.3) is 0 Å². The normalized spacial score (nSPS) is 12.1. The van der Waals surface area contributed by atoms with Gasteiger partial charge in [0.2, 0.25) is 0 Å². The Morgan fingerprint density at radius 2 is 1.92 bits per heavy atom. The monoisotopic (exact) mass is 161 g/mol. The Morgan fingerprint density at radius 1 is 1.33 bits per heavy atom. The van der Waals surface area contributed by atoms with Gasteiger partial charge in [-0.1, -0.05) is 12.1 Å². The third kappa shape index (κ3) is 1.84. The van der Waals surface area contributed by atoms with E-state index in [1.165, 1.54) is 0 Å². The van der Waals surface area contributed by atoms with Crippen LogP contribution in [0.5, 0.6) is 0 Å². The third-order valence-corrected chi connectivity index (χ3v) is 1.86. The molecule has 1 aromatic carbocycles. The number of ether oxygens (including phenoxy) is 1. The molecule has 0 aliphatic carbocycles. The van der Waals surface area contributed by atoms with Crippen LogP contribution in [0.15, 0.2) is 24.3 Å². The molecule has 0 aromatic heterocycles. The zero-order valence-corrected chi connectivity index (χ0v) is 7.24. The van der Waals surface area contributed by atoms with Gasteiger partial charge in [0.15, 0.2) is 0 Å². The lowest BCUT2D eigenvalue weighted by molar-refractivity contribution is 0.119. The SMILES string of the molecule is CO[C@@H](C)c1ccc(C#N)cc1. The molecule has 12 heavy (non-hydrogen) atoms. The summed E-state index contributed by atoms with van der Waals surface area (Å²) >= 11 is 0. The standard InChI is InChI=1S/C10H11NO/c1-8(12-2)10-5-3-9(7-11)4-6-10/h3-6,8H,1-2H3/t8-/m0/s1. The molecule has 2 heteroatoms. The van der Waals surface area contributed by atoms with Crippen molar-refractivity contribution in [1.29, 1.82) is 5.26 Å². The summed E-state index contributed by atoms with van der Waals surface area (Å²) in [5, 5.41) is 8.54. The first-order valence-corrected chi connectivity index (χ1v) is 3.80. The maximum Gasteiger partial charge on any atom is 0.0991 e. The van der Waals surface area contributed by atoms with E-state index in [0.29, 0.717) is 5.56 Å². The maximum atomic E-state index is 8.54. The second-order valence-electron chi connectivity index (χ2n) is 2.61. The topological polar surface area (TPSA) is 33.0 Å². The molecule has 0 spiro atoms. The van der Waals surface area contributed by atoms with Crippen LogP contribution in [0.2, 0.25) is 0 Å². The number of hydrogen-bond donors (Lipinski definition) is 0. The summed E-state index contributed by atoms with van der Waals surface area (Å²) in [6.07, 6.45) is 0.0951. The molecule has 1 aromatic rings.